The number of allylic oxidation sites excluding steroid dienone is 2. The lowest BCUT2D eigenvalue weighted by Gasteiger charge is -2.41. The SMILES string of the molecule is C[C@]12CC(c3ccc(NC(=O)c4ncc(C#N)[nH]4)c(C4=CCCCC4)n3)C[C@](C)(O1)[C@H](O)[C@@H]2O. The Labute approximate surface area is 197 Å². The van der Waals surface area contributed by atoms with Gasteiger partial charge in [0, 0.05) is 11.6 Å². The lowest BCUT2D eigenvalue weighted by molar-refractivity contribution is -0.153. The number of fused-ring (bicyclic) bond motifs is 2. The Morgan fingerprint density at radius 1 is 1.24 bits per heavy atom. The van der Waals surface area contributed by atoms with Crippen LogP contribution in [0.2, 0.25) is 0 Å². The first-order valence-corrected chi connectivity index (χ1v) is 11.8. The zero-order valence-corrected chi connectivity index (χ0v) is 19.3. The van der Waals surface area contributed by atoms with Crippen molar-refractivity contribution >= 4 is 17.2 Å². The summed E-state index contributed by atoms with van der Waals surface area (Å²) in [7, 11) is 0. The molecule has 9 nitrogen and oxygen atoms in total. The van der Waals surface area contributed by atoms with E-state index in [1.54, 1.807) is 0 Å². The van der Waals surface area contributed by atoms with Crippen molar-refractivity contribution in [3.63, 3.8) is 0 Å². The van der Waals surface area contributed by atoms with Crippen molar-refractivity contribution in [1.82, 2.24) is 15.0 Å². The van der Waals surface area contributed by atoms with Crippen LogP contribution in [-0.2, 0) is 4.74 Å². The maximum absolute atomic E-state index is 12.8. The number of hydrogen-bond donors (Lipinski definition) is 4. The number of nitrogens with zero attached hydrogens (tertiary/aromatic N) is 3. The summed E-state index contributed by atoms with van der Waals surface area (Å²) in [6.45, 7) is 3.69. The molecule has 1 amide bonds. The first kappa shape index (κ1) is 22.7. The van der Waals surface area contributed by atoms with Crippen LogP contribution in [0.3, 0.4) is 0 Å². The van der Waals surface area contributed by atoms with Gasteiger partial charge in [-0.1, -0.05) is 6.08 Å². The van der Waals surface area contributed by atoms with Gasteiger partial charge < -0.3 is 25.3 Å². The van der Waals surface area contributed by atoms with Crippen molar-refractivity contribution in [2.75, 3.05) is 5.32 Å². The van der Waals surface area contributed by atoms with Gasteiger partial charge in [-0.15, -0.1) is 0 Å². The molecule has 2 fully saturated rings. The molecule has 2 bridgehead atoms. The second-order valence-corrected chi connectivity index (χ2v) is 10.0. The van der Waals surface area contributed by atoms with Gasteiger partial charge in [0.15, 0.2) is 5.82 Å². The van der Waals surface area contributed by atoms with Crippen molar-refractivity contribution in [3.8, 4) is 6.07 Å². The molecule has 0 spiro atoms. The Bertz CT molecular complexity index is 1180. The number of aromatic amines is 1. The topological polar surface area (TPSA) is 144 Å². The zero-order chi connectivity index (χ0) is 24.1. The number of aliphatic hydroxyl groups excluding tert-OH is 2. The number of carbonyl (C=O) groups is 1. The summed E-state index contributed by atoms with van der Waals surface area (Å²) in [6, 6.07) is 5.68. The number of amides is 1. The van der Waals surface area contributed by atoms with Gasteiger partial charge in [0.05, 0.1) is 28.8 Å². The van der Waals surface area contributed by atoms with Crippen LogP contribution in [0.15, 0.2) is 24.4 Å². The van der Waals surface area contributed by atoms with Crippen LogP contribution in [0.25, 0.3) is 5.57 Å². The molecule has 4 heterocycles. The van der Waals surface area contributed by atoms with Crippen molar-refractivity contribution < 1.29 is 19.7 Å². The Balaban J connectivity index is 1.48. The highest BCUT2D eigenvalue weighted by atomic mass is 16.6. The smallest absolute Gasteiger partial charge is 0.291 e. The second kappa shape index (κ2) is 8.31. The fraction of sp³-hybridized carbons (Fsp3) is 0.520. The van der Waals surface area contributed by atoms with Gasteiger partial charge in [0.25, 0.3) is 5.91 Å². The molecule has 0 saturated carbocycles. The minimum absolute atomic E-state index is 0.00787. The average Bonchev–Trinajstić information content (AvgIpc) is 3.36. The molecule has 4 N–H and O–H groups in total. The Hall–Kier alpha value is -3.06. The van der Waals surface area contributed by atoms with Gasteiger partial charge in [0.1, 0.15) is 24.0 Å². The van der Waals surface area contributed by atoms with Gasteiger partial charge in [-0.3, -0.25) is 9.78 Å². The molecule has 2 aromatic heterocycles. The predicted octanol–water partition coefficient (Wildman–Crippen LogP) is 3.03. The molecule has 0 radical (unpaired) electrons. The maximum atomic E-state index is 12.8. The van der Waals surface area contributed by atoms with E-state index >= 15 is 0 Å². The third kappa shape index (κ3) is 3.82. The Morgan fingerprint density at radius 3 is 2.59 bits per heavy atom. The molecule has 34 heavy (non-hydrogen) atoms. The van der Waals surface area contributed by atoms with E-state index in [0.717, 1.165) is 42.6 Å². The van der Waals surface area contributed by atoms with Crippen molar-refractivity contribution in [1.29, 1.82) is 5.26 Å². The lowest BCUT2D eigenvalue weighted by atomic mass is 9.82. The summed E-state index contributed by atoms with van der Waals surface area (Å²) in [6.07, 6.45) is 6.70. The molecule has 1 aliphatic carbocycles. The summed E-state index contributed by atoms with van der Waals surface area (Å²) in [5, 5.41) is 33.1. The van der Waals surface area contributed by atoms with Crippen LogP contribution in [0.5, 0.6) is 0 Å². The third-order valence-corrected chi connectivity index (χ3v) is 7.41. The van der Waals surface area contributed by atoms with Crippen molar-refractivity contribution in [2.45, 2.75) is 81.7 Å². The number of anilines is 1. The fourth-order valence-electron chi connectivity index (χ4n) is 5.68. The molecule has 5 rings (SSSR count). The van der Waals surface area contributed by atoms with Crippen LogP contribution < -0.4 is 5.32 Å². The number of rotatable bonds is 4. The molecular weight excluding hydrogens is 434 g/mol. The van der Waals surface area contributed by atoms with E-state index < -0.39 is 29.3 Å². The van der Waals surface area contributed by atoms with Crippen molar-refractivity contribution in [2.24, 2.45) is 0 Å². The van der Waals surface area contributed by atoms with E-state index in [-0.39, 0.29) is 17.4 Å². The molecule has 178 valence electrons. The number of H-pyrrole nitrogens is 1. The lowest BCUT2D eigenvalue weighted by Crippen LogP contribution is -2.43. The normalized spacial score (nSPS) is 32.7. The monoisotopic (exact) mass is 463 g/mol. The Kier molecular flexibility index (Phi) is 5.55. The number of aliphatic hydroxyl groups is 2. The summed E-state index contributed by atoms with van der Waals surface area (Å²) < 4.78 is 6.10. The first-order valence-electron chi connectivity index (χ1n) is 11.8. The molecule has 2 aliphatic heterocycles. The van der Waals surface area contributed by atoms with E-state index in [1.165, 1.54) is 6.20 Å². The summed E-state index contributed by atoms with van der Waals surface area (Å²) in [5.74, 6) is -0.385. The van der Waals surface area contributed by atoms with Gasteiger partial charge in [-0.25, -0.2) is 4.98 Å². The molecule has 5 atom stereocenters. The quantitative estimate of drug-likeness (QED) is 0.545. The molecule has 3 aliphatic rings. The highest BCUT2D eigenvalue weighted by Gasteiger charge is 2.62. The summed E-state index contributed by atoms with van der Waals surface area (Å²) in [4.78, 5) is 24.5. The van der Waals surface area contributed by atoms with Crippen LogP contribution in [-0.4, -0.2) is 54.5 Å². The minimum atomic E-state index is -0.951. The summed E-state index contributed by atoms with van der Waals surface area (Å²) >= 11 is 0. The molecule has 9 heteroatoms. The molecule has 2 saturated heterocycles. The van der Waals surface area contributed by atoms with Crippen LogP contribution in [0, 0.1) is 11.3 Å². The summed E-state index contributed by atoms with van der Waals surface area (Å²) in [5.41, 5.74) is 1.80. The highest BCUT2D eigenvalue weighted by molar-refractivity contribution is 6.03. The first-order chi connectivity index (χ1) is 16.2. The predicted molar refractivity (Wildman–Crippen MR) is 124 cm³/mol. The van der Waals surface area contributed by atoms with Gasteiger partial charge in [-0.2, -0.15) is 5.26 Å². The number of ether oxygens (including phenoxy) is 1. The van der Waals surface area contributed by atoms with Gasteiger partial charge in [0.2, 0.25) is 0 Å². The molecule has 1 unspecified atom stereocenters. The van der Waals surface area contributed by atoms with Gasteiger partial charge in [-0.05, 0) is 70.1 Å². The van der Waals surface area contributed by atoms with E-state index in [9.17, 15) is 15.0 Å². The Morgan fingerprint density at radius 2 is 1.97 bits per heavy atom. The van der Waals surface area contributed by atoms with E-state index in [0.29, 0.717) is 18.5 Å². The van der Waals surface area contributed by atoms with Crippen LogP contribution in [0.4, 0.5) is 5.69 Å². The number of aromatic nitrogens is 3. The number of nitriles is 1. The van der Waals surface area contributed by atoms with E-state index in [1.807, 2.05) is 32.0 Å². The average molecular weight is 464 g/mol. The van der Waals surface area contributed by atoms with Gasteiger partial charge >= 0.3 is 0 Å². The molecular formula is C25H29N5O4. The fourth-order valence-corrected chi connectivity index (χ4v) is 5.68. The molecule has 2 aromatic rings. The second-order valence-electron chi connectivity index (χ2n) is 10.0. The highest BCUT2D eigenvalue weighted by Crippen LogP contribution is 2.53. The number of imidazole rings is 1. The van der Waals surface area contributed by atoms with Crippen molar-refractivity contribution in [3.05, 3.63) is 47.3 Å². The standard InChI is InChI=1S/C25H29N5O4/c1-24-10-15(11-25(2,34-24)21(32)20(24)31)17-8-9-18(19(29-17)14-6-4-3-5-7-14)30-23(33)22-27-13-16(12-26)28-22/h6,8-9,13,15,20-21,31-32H,3-5,7,10-11H2,1-2H3,(H,27,28)(H,30,33)/t15?,20-,21+,24+,25-. The van der Waals surface area contributed by atoms with Crippen LogP contribution >= 0.6 is 0 Å². The molecule has 0 aromatic carbocycles. The van der Waals surface area contributed by atoms with E-state index in [2.05, 4.69) is 21.4 Å². The number of hydrogen-bond acceptors (Lipinski definition) is 7. The third-order valence-electron chi connectivity index (χ3n) is 7.41. The number of pyridine rings is 1. The number of carbonyl (C=O) groups excluding carboxylic acids is 1. The van der Waals surface area contributed by atoms with E-state index in [4.69, 9.17) is 15.0 Å². The maximum Gasteiger partial charge on any atom is 0.291 e. The number of nitrogens with one attached hydrogen (secondary N) is 2. The zero-order valence-electron chi connectivity index (χ0n) is 19.3. The largest absolute Gasteiger partial charge is 0.387 e. The van der Waals surface area contributed by atoms with Crippen LogP contribution in [0.1, 0.15) is 86.0 Å². The minimum Gasteiger partial charge on any atom is -0.387 e.